The van der Waals surface area contributed by atoms with Crippen molar-refractivity contribution < 1.29 is 14.3 Å². The molecule has 2 N–H and O–H groups in total. The predicted molar refractivity (Wildman–Crippen MR) is 69.3 cm³/mol. The first-order valence-corrected chi connectivity index (χ1v) is 7.01. The van der Waals surface area contributed by atoms with E-state index in [4.69, 9.17) is 5.11 Å². The average Bonchev–Trinajstić information content (AvgIpc) is 2.35. The summed E-state index contributed by atoms with van der Waals surface area (Å²) in [6, 6.07) is 4.08. The van der Waals surface area contributed by atoms with Crippen LogP contribution in [0.5, 0.6) is 0 Å². The van der Waals surface area contributed by atoms with Gasteiger partial charge in [-0.25, -0.2) is 4.39 Å². The third-order valence-electron chi connectivity index (χ3n) is 3.12. The second-order valence-electron chi connectivity index (χ2n) is 4.34. The van der Waals surface area contributed by atoms with Crippen molar-refractivity contribution in [2.75, 3.05) is 5.75 Å². The van der Waals surface area contributed by atoms with Gasteiger partial charge in [-0.1, -0.05) is 6.92 Å². The van der Waals surface area contributed by atoms with E-state index in [2.05, 4.69) is 5.32 Å². The van der Waals surface area contributed by atoms with E-state index < -0.39 is 12.0 Å². The summed E-state index contributed by atoms with van der Waals surface area (Å²) < 4.78 is 13.3. The van der Waals surface area contributed by atoms with Gasteiger partial charge in [-0.15, -0.1) is 11.8 Å². The van der Waals surface area contributed by atoms with Gasteiger partial charge in [0.2, 0.25) is 0 Å². The molecule has 18 heavy (non-hydrogen) atoms. The molecule has 0 fully saturated rings. The molecule has 5 heteroatoms. The Bertz CT molecular complexity index is 453. The van der Waals surface area contributed by atoms with Gasteiger partial charge in [0.25, 0.3) is 0 Å². The number of carboxylic acid groups (broad SMARTS) is 1. The monoisotopic (exact) mass is 269 g/mol. The summed E-state index contributed by atoms with van der Waals surface area (Å²) in [7, 11) is 0. The van der Waals surface area contributed by atoms with E-state index in [-0.39, 0.29) is 11.9 Å². The largest absolute Gasteiger partial charge is 0.480 e. The van der Waals surface area contributed by atoms with Crippen LogP contribution in [0.4, 0.5) is 4.39 Å². The first-order valence-electron chi connectivity index (χ1n) is 6.03. The van der Waals surface area contributed by atoms with E-state index in [1.54, 1.807) is 17.8 Å². The molecule has 1 aromatic carbocycles. The lowest BCUT2D eigenvalue weighted by Crippen LogP contribution is -2.39. The summed E-state index contributed by atoms with van der Waals surface area (Å²) in [5.41, 5.74) is 0.881. The van der Waals surface area contributed by atoms with Crippen molar-refractivity contribution in [1.29, 1.82) is 0 Å². The van der Waals surface area contributed by atoms with Gasteiger partial charge in [0, 0.05) is 10.9 Å². The number of hydrogen-bond acceptors (Lipinski definition) is 3. The molecule has 0 saturated heterocycles. The van der Waals surface area contributed by atoms with Gasteiger partial charge in [-0.3, -0.25) is 10.1 Å². The van der Waals surface area contributed by atoms with Gasteiger partial charge < -0.3 is 5.11 Å². The highest BCUT2D eigenvalue weighted by atomic mass is 32.2. The van der Waals surface area contributed by atoms with Crippen molar-refractivity contribution in [1.82, 2.24) is 5.32 Å². The van der Waals surface area contributed by atoms with E-state index in [9.17, 15) is 9.18 Å². The molecule has 0 aliphatic carbocycles. The van der Waals surface area contributed by atoms with Crippen LogP contribution in [0.15, 0.2) is 23.1 Å². The Labute approximate surface area is 110 Å². The van der Waals surface area contributed by atoms with Gasteiger partial charge in [-0.2, -0.15) is 0 Å². The van der Waals surface area contributed by atoms with E-state index in [0.29, 0.717) is 6.42 Å². The third-order valence-corrected chi connectivity index (χ3v) is 4.24. The van der Waals surface area contributed by atoms with Crippen molar-refractivity contribution in [2.45, 2.75) is 36.7 Å². The molecule has 0 radical (unpaired) electrons. The standard InChI is InChI=1S/C13H16FNO2S/c1-2-10(13(16)17)15-11-5-6-18-12-4-3-8(14)7-9(11)12/h3-4,7,10-11,15H,2,5-6H2,1H3,(H,16,17). The highest BCUT2D eigenvalue weighted by Gasteiger charge is 2.25. The molecule has 2 unspecified atom stereocenters. The Kier molecular flexibility index (Phi) is 4.24. The van der Waals surface area contributed by atoms with E-state index in [1.807, 2.05) is 6.92 Å². The van der Waals surface area contributed by atoms with Crippen LogP contribution >= 0.6 is 11.8 Å². The maximum atomic E-state index is 13.3. The summed E-state index contributed by atoms with van der Waals surface area (Å²) >= 11 is 1.69. The van der Waals surface area contributed by atoms with E-state index in [0.717, 1.165) is 22.6 Å². The van der Waals surface area contributed by atoms with Crippen LogP contribution in [-0.2, 0) is 4.79 Å². The van der Waals surface area contributed by atoms with Gasteiger partial charge in [0.1, 0.15) is 11.9 Å². The van der Waals surface area contributed by atoms with Crippen LogP contribution in [0.3, 0.4) is 0 Å². The van der Waals surface area contributed by atoms with Crippen molar-refractivity contribution in [3.63, 3.8) is 0 Å². The zero-order chi connectivity index (χ0) is 13.1. The fourth-order valence-electron chi connectivity index (χ4n) is 2.15. The van der Waals surface area contributed by atoms with Gasteiger partial charge >= 0.3 is 5.97 Å². The third kappa shape index (κ3) is 2.84. The Balaban J connectivity index is 2.21. The van der Waals surface area contributed by atoms with Crippen molar-refractivity contribution >= 4 is 17.7 Å². The molecular weight excluding hydrogens is 253 g/mol. The summed E-state index contributed by atoms with van der Waals surface area (Å²) in [6.07, 6.45) is 1.34. The highest BCUT2D eigenvalue weighted by molar-refractivity contribution is 7.99. The molecule has 0 amide bonds. The predicted octanol–water partition coefficient (Wildman–Crippen LogP) is 2.82. The minimum absolute atomic E-state index is 0.0713. The number of carboxylic acids is 1. The fourth-order valence-corrected chi connectivity index (χ4v) is 3.25. The quantitative estimate of drug-likeness (QED) is 0.882. The van der Waals surface area contributed by atoms with Crippen LogP contribution in [0.2, 0.25) is 0 Å². The number of fused-ring (bicyclic) bond motifs is 1. The van der Waals surface area contributed by atoms with Gasteiger partial charge in [0.15, 0.2) is 0 Å². The molecule has 2 atom stereocenters. The summed E-state index contributed by atoms with van der Waals surface area (Å²) in [5, 5.41) is 12.2. The Morgan fingerprint density at radius 2 is 2.44 bits per heavy atom. The topological polar surface area (TPSA) is 49.3 Å². The van der Waals surface area contributed by atoms with Crippen molar-refractivity contribution in [2.24, 2.45) is 0 Å². The number of thioether (sulfide) groups is 1. The molecule has 3 nitrogen and oxygen atoms in total. The lowest BCUT2D eigenvalue weighted by atomic mass is 10.0. The average molecular weight is 269 g/mol. The molecular formula is C13H16FNO2S. The highest BCUT2D eigenvalue weighted by Crippen LogP contribution is 2.36. The minimum Gasteiger partial charge on any atom is -0.480 e. The SMILES string of the molecule is CCC(NC1CCSc2ccc(F)cc21)C(=O)O. The number of nitrogens with one attached hydrogen (secondary N) is 1. The molecule has 0 saturated carbocycles. The van der Waals surface area contributed by atoms with E-state index in [1.165, 1.54) is 12.1 Å². The fraction of sp³-hybridized carbons (Fsp3) is 0.462. The zero-order valence-electron chi connectivity index (χ0n) is 10.1. The first kappa shape index (κ1) is 13.4. The second kappa shape index (κ2) is 5.71. The first-order chi connectivity index (χ1) is 8.61. The Morgan fingerprint density at radius 1 is 1.67 bits per heavy atom. The number of rotatable bonds is 4. The molecule has 0 bridgehead atoms. The van der Waals surface area contributed by atoms with Crippen LogP contribution in [0.1, 0.15) is 31.4 Å². The molecule has 1 aliphatic heterocycles. The molecule has 1 aromatic rings. The zero-order valence-corrected chi connectivity index (χ0v) is 11.0. The van der Waals surface area contributed by atoms with Gasteiger partial charge in [-0.05, 0) is 42.4 Å². The Hall–Kier alpha value is -1.07. The summed E-state index contributed by atoms with van der Waals surface area (Å²) in [6.45, 7) is 1.83. The second-order valence-corrected chi connectivity index (χ2v) is 5.47. The lowest BCUT2D eigenvalue weighted by molar-refractivity contribution is -0.139. The summed E-state index contributed by atoms with van der Waals surface area (Å²) in [5.74, 6) is -0.202. The Morgan fingerprint density at radius 3 is 3.11 bits per heavy atom. The molecule has 0 aromatic heterocycles. The number of aliphatic carboxylic acids is 1. The molecule has 98 valence electrons. The molecule has 2 rings (SSSR count). The summed E-state index contributed by atoms with van der Waals surface area (Å²) in [4.78, 5) is 12.1. The smallest absolute Gasteiger partial charge is 0.320 e. The van der Waals surface area contributed by atoms with Gasteiger partial charge in [0.05, 0.1) is 0 Å². The van der Waals surface area contributed by atoms with Crippen molar-refractivity contribution in [3.05, 3.63) is 29.6 Å². The number of carbonyl (C=O) groups is 1. The number of hydrogen-bond donors (Lipinski definition) is 2. The molecule has 1 aliphatic rings. The lowest BCUT2D eigenvalue weighted by Gasteiger charge is -2.28. The minimum atomic E-state index is -0.853. The van der Waals surface area contributed by atoms with Crippen LogP contribution in [-0.4, -0.2) is 22.9 Å². The molecule has 1 heterocycles. The van der Waals surface area contributed by atoms with Crippen LogP contribution in [0.25, 0.3) is 0 Å². The van der Waals surface area contributed by atoms with Crippen LogP contribution < -0.4 is 5.32 Å². The van der Waals surface area contributed by atoms with E-state index >= 15 is 0 Å². The normalized spacial score (nSPS) is 20.2. The number of halogens is 1. The maximum Gasteiger partial charge on any atom is 0.320 e. The molecule has 0 spiro atoms. The maximum absolute atomic E-state index is 13.3. The van der Waals surface area contributed by atoms with Crippen molar-refractivity contribution in [3.8, 4) is 0 Å². The van der Waals surface area contributed by atoms with Crippen LogP contribution in [0, 0.1) is 5.82 Å². The number of benzene rings is 1.